The summed E-state index contributed by atoms with van der Waals surface area (Å²) in [7, 11) is 0. The number of amides is 1. The molecule has 3 saturated heterocycles. The maximum absolute atomic E-state index is 13.3. The first-order valence-electron chi connectivity index (χ1n) is 10.0. The van der Waals surface area contributed by atoms with Crippen LogP contribution in [0.15, 0.2) is 61.1 Å². The van der Waals surface area contributed by atoms with E-state index in [0.29, 0.717) is 11.6 Å². The fourth-order valence-electron chi connectivity index (χ4n) is 4.65. The number of pyridine rings is 2. The molecule has 0 unspecified atom stereocenters. The Morgan fingerprint density at radius 3 is 2.68 bits per heavy atom. The maximum atomic E-state index is 13.3. The van der Waals surface area contributed by atoms with Crippen LogP contribution in [0, 0.1) is 5.92 Å². The minimum atomic E-state index is 0.0752. The Labute approximate surface area is 165 Å². The van der Waals surface area contributed by atoms with Crippen molar-refractivity contribution in [1.82, 2.24) is 19.8 Å². The van der Waals surface area contributed by atoms with Gasteiger partial charge in [-0.15, -0.1) is 0 Å². The molecule has 1 amide bonds. The Balaban J connectivity index is 1.36. The molecule has 3 aromatic rings. The molecule has 3 fully saturated rings. The third-order valence-electron chi connectivity index (χ3n) is 6.06. The van der Waals surface area contributed by atoms with E-state index in [1.165, 1.54) is 12.0 Å². The molecule has 2 aromatic heterocycles. The number of nitrogens with zero attached hydrogens (tertiary/aromatic N) is 4. The molecule has 28 heavy (non-hydrogen) atoms. The van der Waals surface area contributed by atoms with Crippen LogP contribution in [0.5, 0.6) is 0 Å². The first kappa shape index (κ1) is 17.3. The van der Waals surface area contributed by atoms with Crippen molar-refractivity contribution in [2.75, 3.05) is 19.6 Å². The molecule has 3 aliphatic rings. The van der Waals surface area contributed by atoms with Gasteiger partial charge in [0.25, 0.3) is 5.91 Å². The fourth-order valence-corrected chi connectivity index (χ4v) is 4.65. The predicted molar refractivity (Wildman–Crippen MR) is 109 cm³/mol. The van der Waals surface area contributed by atoms with Crippen molar-refractivity contribution in [3.8, 4) is 0 Å². The SMILES string of the molecule is O=C(c1cc2ccccc2cn1)N1C[C@H]2CC[C@@H]1CN(Cc1ccncc1)C2. The molecule has 3 aliphatic heterocycles. The highest BCUT2D eigenvalue weighted by molar-refractivity contribution is 5.96. The van der Waals surface area contributed by atoms with Crippen molar-refractivity contribution in [3.05, 3.63) is 72.3 Å². The lowest BCUT2D eigenvalue weighted by Crippen LogP contribution is -2.47. The molecule has 5 heteroatoms. The van der Waals surface area contributed by atoms with E-state index < -0.39 is 0 Å². The number of piperidine rings is 1. The van der Waals surface area contributed by atoms with Crippen molar-refractivity contribution >= 4 is 16.7 Å². The van der Waals surface area contributed by atoms with E-state index in [-0.39, 0.29) is 11.9 Å². The van der Waals surface area contributed by atoms with Gasteiger partial charge < -0.3 is 4.90 Å². The summed E-state index contributed by atoms with van der Waals surface area (Å²) in [5.74, 6) is 0.608. The number of carbonyl (C=O) groups excluding carboxylic acids is 1. The van der Waals surface area contributed by atoms with Crippen molar-refractivity contribution in [2.24, 2.45) is 5.92 Å². The first-order chi connectivity index (χ1) is 13.8. The third-order valence-corrected chi connectivity index (χ3v) is 6.06. The molecular weight excluding hydrogens is 348 g/mol. The molecule has 5 heterocycles. The Morgan fingerprint density at radius 2 is 1.82 bits per heavy atom. The van der Waals surface area contributed by atoms with Crippen molar-refractivity contribution in [3.63, 3.8) is 0 Å². The smallest absolute Gasteiger partial charge is 0.272 e. The predicted octanol–water partition coefficient (Wildman–Crippen LogP) is 3.37. The lowest BCUT2D eigenvalue weighted by Gasteiger charge is -2.36. The molecule has 0 saturated carbocycles. The maximum Gasteiger partial charge on any atom is 0.272 e. The van der Waals surface area contributed by atoms with E-state index in [1.54, 1.807) is 0 Å². The molecule has 0 N–H and O–H groups in total. The summed E-state index contributed by atoms with van der Waals surface area (Å²) in [5.41, 5.74) is 1.84. The summed E-state index contributed by atoms with van der Waals surface area (Å²) in [6, 6.07) is 14.4. The van der Waals surface area contributed by atoms with Gasteiger partial charge in [0.05, 0.1) is 0 Å². The van der Waals surface area contributed by atoms with Gasteiger partial charge in [-0.05, 0) is 47.9 Å². The van der Waals surface area contributed by atoms with E-state index in [0.717, 1.165) is 43.4 Å². The van der Waals surface area contributed by atoms with Gasteiger partial charge in [0.15, 0.2) is 0 Å². The highest BCUT2D eigenvalue weighted by Crippen LogP contribution is 2.30. The van der Waals surface area contributed by atoms with Gasteiger partial charge in [0, 0.05) is 56.2 Å². The summed E-state index contributed by atoms with van der Waals surface area (Å²) in [4.78, 5) is 26.5. The second-order valence-electron chi connectivity index (χ2n) is 8.02. The molecule has 5 nitrogen and oxygen atoms in total. The van der Waals surface area contributed by atoms with E-state index in [2.05, 4.69) is 31.9 Å². The summed E-state index contributed by atoms with van der Waals surface area (Å²) < 4.78 is 0. The summed E-state index contributed by atoms with van der Waals surface area (Å²) in [5, 5.41) is 2.14. The van der Waals surface area contributed by atoms with Gasteiger partial charge in [-0.1, -0.05) is 24.3 Å². The summed E-state index contributed by atoms with van der Waals surface area (Å²) >= 11 is 0. The highest BCUT2D eigenvalue weighted by atomic mass is 16.2. The van der Waals surface area contributed by atoms with E-state index in [1.807, 2.05) is 48.9 Å². The number of aromatic nitrogens is 2. The average Bonchev–Trinajstić information content (AvgIpc) is 3.04. The summed E-state index contributed by atoms with van der Waals surface area (Å²) in [6.07, 6.45) is 7.80. The highest BCUT2D eigenvalue weighted by Gasteiger charge is 2.37. The number of carbonyl (C=O) groups is 1. The van der Waals surface area contributed by atoms with Gasteiger partial charge in [-0.3, -0.25) is 19.7 Å². The van der Waals surface area contributed by atoms with Crippen LogP contribution in [-0.2, 0) is 6.54 Å². The van der Waals surface area contributed by atoms with Crippen LogP contribution >= 0.6 is 0 Å². The number of hydrogen-bond acceptors (Lipinski definition) is 4. The van der Waals surface area contributed by atoms with Crippen LogP contribution < -0.4 is 0 Å². The standard InChI is InChI=1S/C23H24N4O/c28-23(22-11-19-3-1-2-4-20(19)12-25-22)27-15-18-5-6-21(27)16-26(14-18)13-17-7-9-24-10-8-17/h1-4,7-12,18,21H,5-6,13-16H2/t18-,21+/m0/s1. The zero-order valence-corrected chi connectivity index (χ0v) is 15.9. The molecule has 2 bridgehead atoms. The first-order valence-corrected chi connectivity index (χ1v) is 10.0. The van der Waals surface area contributed by atoms with Crippen LogP contribution in [0.1, 0.15) is 28.9 Å². The average molecular weight is 372 g/mol. The van der Waals surface area contributed by atoms with Gasteiger partial charge in [-0.25, -0.2) is 0 Å². The number of fused-ring (bicyclic) bond motifs is 5. The van der Waals surface area contributed by atoms with Gasteiger partial charge in [-0.2, -0.15) is 0 Å². The third kappa shape index (κ3) is 3.38. The topological polar surface area (TPSA) is 49.3 Å². The van der Waals surface area contributed by atoms with Gasteiger partial charge in [0.1, 0.15) is 5.69 Å². The Morgan fingerprint density at radius 1 is 1.00 bits per heavy atom. The minimum Gasteiger partial charge on any atom is -0.333 e. The van der Waals surface area contributed by atoms with Crippen LogP contribution in [0.4, 0.5) is 0 Å². The number of benzene rings is 1. The largest absolute Gasteiger partial charge is 0.333 e. The molecule has 2 atom stereocenters. The molecule has 0 aliphatic carbocycles. The van der Waals surface area contributed by atoms with E-state index in [4.69, 9.17) is 0 Å². The Bertz CT molecular complexity index is 990. The molecule has 0 radical (unpaired) electrons. The zero-order chi connectivity index (χ0) is 18.9. The Kier molecular flexibility index (Phi) is 4.53. The Hall–Kier alpha value is -2.79. The van der Waals surface area contributed by atoms with Crippen molar-refractivity contribution in [2.45, 2.75) is 25.4 Å². The molecular formula is C23H24N4O. The molecule has 6 rings (SSSR count). The quantitative estimate of drug-likeness (QED) is 0.707. The minimum absolute atomic E-state index is 0.0752. The van der Waals surface area contributed by atoms with Crippen LogP contribution in [-0.4, -0.2) is 51.4 Å². The molecule has 0 spiro atoms. The second kappa shape index (κ2) is 7.32. The summed E-state index contributed by atoms with van der Waals surface area (Å²) in [6.45, 7) is 3.74. The van der Waals surface area contributed by atoms with Gasteiger partial charge >= 0.3 is 0 Å². The van der Waals surface area contributed by atoms with Crippen molar-refractivity contribution in [1.29, 1.82) is 0 Å². The fraction of sp³-hybridized carbons (Fsp3) is 0.348. The lowest BCUT2D eigenvalue weighted by atomic mass is 9.94. The van der Waals surface area contributed by atoms with Crippen molar-refractivity contribution < 1.29 is 4.79 Å². The monoisotopic (exact) mass is 372 g/mol. The zero-order valence-electron chi connectivity index (χ0n) is 15.9. The molecule has 142 valence electrons. The number of rotatable bonds is 3. The normalized spacial score (nSPS) is 22.4. The van der Waals surface area contributed by atoms with Crippen LogP contribution in [0.3, 0.4) is 0 Å². The second-order valence-corrected chi connectivity index (χ2v) is 8.02. The number of hydrogen-bond donors (Lipinski definition) is 0. The van der Waals surface area contributed by atoms with Crippen LogP contribution in [0.2, 0.25) is 0 Å². The van der Waals surface area contributed by atoms with Crippen LogP contribution in [0.25, 0.3) is 10.8 Å². The lowest BCUT2D eigenvalue weighted by molar-refractivity contribution is 0.0579. The van der Waals surface area contributed by atoms with Gasteiger partial charge in [0.2, 0.25) is 0 Å². The molecule has 1 aromatic carbocycles. The van der Waals surface area contributed by atoms with E-state index >= 15 is 0 Å². The van der Waals surface area contributed by atoms with E-state index in [9.17, 15) is 4.79 Å².